The second kappa shape index (κ2) is 7.43. The van der Waals surface area contributed by atoms with Crippen LogP contribution in [-0.2, 0) is 4.74 Å². The first-order chi connectivity index (χ1) is 8.90. The Labute approximate surface area is 113 Å². The van der Waals surface area contributed by atoms with E-state index in [4.69, 9.17) is 15.2 Å². The van der Waals surface area contributed by atoms with E-state index < -0.39 is 11.9 Å². The van der Waals surface area contributed by atoms with E-state index in [2.05, 4.69) is 0 Å². The molecule has 0 radical (unpaired) electrons. The van der Waals surface area contributed by atoms with Crippen LogP contribution in [0.2, 0.25) is 0 Å². The normalized spacial score (nSPS) is 14.5. The van der Waals surface area contributed by atoms with Gasteiger partial charge in [0.15, 0.2) is 0 Å². The van der Waals surface area contributed by atoms with Gasteiger partial charge in [-0.3, -0.25) is 0 Å². The number of aliphatic hydroxyl groups excluding tert-OH is 1. The number of hydrogen-bond acceptors (Lipinski definition) is 4. The van der Waals surface area contributed by atoms with Crippen LogP contribution >= 0.6 is 0 Å². The molecule has 1 unspecified atom stereocenters. The molecule has 0 bridgehead atoms. The maximum Gasteiger partial charge on any atom is 0.127 e. The molecule has 0 fully saturated rings. The Bertz CT molecular complexity index is 396. The fraction of sp³-hybridized carbons (Fsp3) is 0.571. The standard InChI is InChI=1S/C14H22FNO3/c1-9(2)18-7-12(17)8-19-14-6-11(15)4-5-13(14)10(3)16/h4-6,9-10,12,17H,7-8,16H2,1-3H3/t10-,12?/m0/s1. The Balaban J connectivity index is 2.59. The lowest BCUT2D eigenvalue weighted by atomic mass is 10.1. The zero-order valence-electron chi connectivity index (χ0n) is 11.6. The Kier molecular flexibility index (Phi) is 6.21. The summed E-state index contributed by atoms with van der Waals surface area (Å²) < 4.78 is 23.9. The van der Waals surface area contributed by atoms with Crippen molar-refractivity contribution < 1.29 is 19.0 Å². The fourth-order valence-electron chi connectivity index (χ4n) is 1.55. The van der Waals surface area contributed by atoms with Crippen LogP contribution in [0.1, 0.15) is 32.4 Å². The number of rotatable bonds is 7. The van der Waals surface area contributed by atoms with Crippen molar-refractivity contribution in [1.82, 2.24) is 0 Å². The van der Waals surface area contributed by atoms with Crippen LogP contribution in [0.5, 0.6) is 5.75 Å². The third-order valence-corrected chi connectivity index (χ3v) is 2.52. The Morgan fingerprint density at radius 3 is 2.53 bits per heavy atom. The second-order valence-corrected chi connectivity index (χ2v) is 4.82. The lowest BCUT2D eigenvalue weighted by Gasteiger charge is -2.17. The molecule has 0 amide bonds. The zero-order valence-corrected chi connectivity index (χ0v) is 11.6. The Morgan fingerprint density at radius 2 is 1.95 bits per heavy atom. The van der Waals surface area contributed by atoms with Gasteiger partial charge < -0.3 is 20.3 Å². The summed E-state index contributed by atoms with van der Waals surface area (Å²) in [5, 5.41) is 9.68. The second-order valence-electron chi connectivity index (χ2n) is 4.82. The highest BCUT2D eigenvalue weighted by atomic mass is 19.1. The Morgan fingerprint density at radius 1 is 1.26 bits per heavy atom. The summed E-state index contributed by atoms with van der Waals surface area (Å²) in [6, 6.07) is 3.94. The topological polar surface area (TPSA) is 64.7 Å². The van der Waals surface area contributed by atoms with E-state index in [-0.39, 0.29) is 25.4 Å². The molecule has 0 spiro atoms. The number of aliphatic hydroxyl groups is 1. The van der Waals surface area contributed by atoms with Crippen LogP contribution in [0.3, 0.4) is 0 Å². The molecule has 4 nitrogen and oxygen atoms in total. The first-order valence-electron chi connectivity index (χ1n) is 6.37. The van der Waals surface area contributed by atoms with Gasteiger partial charge >= 0.3 is 0 Å². The average molecular weight is 271 g/mol. The van der Waals surface area contributed by atoms with Crippen LogP contribution in [0, 0.1) is 5.82 Å². The quantitative estimate of drug-likeness (QED) is 0.796. The third kappa shape index (κ3) is 5.55. The summed E-state index contributed by atoms with van der Waals surface area (Å²) in [4.78, 5) is 0. The van der Waals surface area contributed by atoms with Gasteiger partial charge in [-0.15, -0.1) is 0 Å². The van der Waals surface area contributed by atoms with Crippen molar-refractivity contribution in [3.63, 3.8) is 0 Å². The van der Waals surface area contributed by atoms with Crippen LogP contribution in [0.15, 0.2) is 18.2 Å². The van der Waals surface area contributed by atoms with Gasteiger partial charge in [-0.25, -0.2) is 4.39 Å². The molecule has 0 saturated carbocycles. The van der Waals surface area contributed by atoms with E-state index in [1.54, 1.807) is 13.0 Å². The SMILES string of the molecule is CC(C)OCC(O)COc1cc(F)ccc1[C@H](C)N. The molecule has 3 N–H and O–H groups in total. The number of hydrogen-bond donors (Lipinski definition) is 2. The minimum atomic E-state index is -0.758. The molecule has 0 aliphatic carbocycles. The molecule has 0 aromatic heterocycles. The van der Waals surface area contributed by atoms with Crippen LogP contribution < -0.4 is 10.5 Å². The van der Waals surface area contributed by atoms with Gasteiger partial charge in [0.2, 0.25) is 0 Å². The summed E-state index contributed by atoms with van der Waals surface area (Å²) in [7, 11) is 0. The van der Waals surface area contributed by atoms with E-state index in [9.17, 15) is 9.50 Å². The Hall–Kier alpha value is -1.17. The summed E-state index contributed by atoms with van der Waals surface area (Å²) in [6.07, 6.45) is -0.713. The highest BCUT2D eigenvalue weighted by molar-refractivity contribution is 5.36. The zero-order chi connectivity index (χ0) is 14.4. The van der Waals surface area contributed by atoms with E-state index in [1.807, 2.05) is 13.8 Å². The summed E-state index contributed by atoms with van der Waals surface area (Å²) in [6.45, 7) is 5.78. The van der Waals surface area contributed by atoms with Crippen molar-refractivity contribution in [3.05, 3.63) is 29.6 Å². The average Bonchev–Trinajstić information content (AvgIpc) is 2.33. The maximum absolute atomic E-state index is 13.2. The summed E-state index contributed by atoms with van der Waals surface area (Å²) in [5.74, 6) is -0.0362. The number of halogens is 1. The van der Waals surface area contributed by atoms with Gasteiger partial charge in [0.25, 0.3) is 0 Å². The minimum Gasteiger partial charge on any atom is -0.490 e. The van der Waals surface area contributed by atoms with E-state index >= 15 is 0 Å². The highest BCUT2D eigenvalue weighted by Crippen LogP contribution is 2.24. The molecule has 5 heteroatoms. The van der Waals surface area contributed by atoms with Crippen molar-refractivity contribution >= 4 is 0 Å². The molecule has 108 valence electrons. The van der Waals surface area contributed by atoms with Gasteiger partial charge in [-0.1, -0.05) is 6.07 Å². The molecule has 0 heterocycles. The van der Waals surface area contributed by atoms with E-state index in [0.717, 1.165) is 0 Å². The largest absolute Gasteiger partial charge is 0.490 e. The first kappa shape index (κ1) is 15.9. The smallest absolute Gasteiger partial charge is 0.127 e. The molecular weight excluding hydrogens is 249 g/mol. The molecule has 0 saturated heterocycles. The molecule has 1 aromatic rings. The summed E-state index contributed by atoms with van der Waals surface area (Å²) >= 11 is 0. The van der Waals surface area contributed by atoms with Crippen molar-refractivity contribution in [2.24, 2.45) is 5.73 Å². The van der Waals surface area contributed by atoms with Crippen molar-refractivity contribution in [3.8, 4) is 5.75 Å². The van der Waals surface area contributed by atoms with Crippen molar-refractivity contribution in [1.29, 1.82) is 0 Å². The van der Waals surface area contributed by atoms with Crippen LogP contribution in [0.4, 0.5) is 4.39 Å². The monoisotopic (exact) mass is 271 g/mol. The van der Waals surface area contributed by atoms with Crippen LogP contribution in [-0.4, -0.2) is 30.5 Å². The number of ether oxygens (including phenoxy) is 2. The molecule has 1 aromatic carbocycles. The fourth-order valence-corrected chi connectivity index (χ4v) is 1.55. The molecule has 19 heavy (non-hydrogen) atoms. The number of benzene rings is 1. The van der Waals surface area contributed by atoms with E-state index in [1.165, 1.54) is 12.1 Å². The molecule has 1 rings (SSSR count). The lowest BCUT2D eigenvalue weighted by Crippen LogP contribution is -2.25. The van der Waals surface area contributed by atoms with Gasteiger partial charge in [0, 0.05) is 17.7 Å². The van der Waals surface area contributed by atoms with E-state index in [0.29, 0.717) is 11.3 Å². The maximum atomic E-state index is 13.2. The first-order valence-corrected chi connectivity index (χ1v) is 6.37. The predicted octanol–water partition coefficient (Wildman–Crippen LogP) is 2.01. The highest BCUT2D eigenvalue weighted by Gasteiger charge is 2.12. The predicted molar refractivity (Wildman–Crippen MR) is 71.6 cm³/mol. The van der Waals surface area contributed by atoms with Gasteiger partial charge in [-0.2, -0.15) is 0 Å². The van der Waals surface area contributed by atoms with Gasteiger partial charge in [0.05, 0.1) is 12.7 Å². The minimum absolute atomic E-state index is 0.0376. The third-order valence-electron chi connectivity index (χ3n) is 2.52. The molecule has 2 atom stereocenters. The number of nitrogens with two attached hydrogens (primary N) is 1. The molecular formula is C14H22FNO3. The van der Waals surface area contributed by atoms with Crippen molar-refractivity contribution in [2.75, 3.05) is 13.2 Å². The van der Waals surface area contributed by atoms with Gasteiger partial charge in [0.1, 0.15) is 24.3 Å². The molecule has 0 aliphatic rings. The van der Waals surface area contributed by atoms with Crippen LogP contribution in [0.25, 0.3) is 0 Å². The van der Waals surface area contributed by atoms with Gasteiger partial charge in [-0.05, 0) is 26.8 Å². The lowest BCUT2D eigenvalue weighted by molar-refractivity contribution is -0.0124. The van der Waals surface area contributed by atoms with Crippen molar-refractivity contribution in [2.45, 2.75) is 39.0 Å². The molecule has 0 aliphatic heterocycles. The summed E-state index contributed by atoms with van der Waals surface area (Å²) in [5.41, 5.74) is 6.49.